The Kier molecular flexibility index (Phi) is 6.06. The van der Waals surface area contributed by atoms with Crippen LogP contribution in [0.25, 0.3) is 17.3 Å². The molecule has 2 aromatic rings. The van der Waals surface area contributed by atoms with Crippen LogP contribution in [0.2, 0.25) is 0 Å². The summed E-state index contributed by atoms with van der Waals surface area (Å²) in [5.74, 6) is -1.07. The summed E-state index contributed by atoms with van der Waals surface area (Å²) < 4.78 is 6.23. The van der Waals surface area contributed by atoms with Gasteiger partial charge in [0, 0.05) is 19.2 Å². The van der Waals surface area contributed by atoms with E-state index in [2.05, 4.69) is 4.74 Å². The normalized spacial score (nSPS) is 15.7. The smallest absolute Gasteiger partial charge is 0.332 e. The van der Waals surface area contributed by atoms with E-state index >= 15 is 0 Å². The van der Waals surface area contributed by atoms with Gasteiger partial charge in [-0.05, 0) is 31.4 Å². The summed E-state index contributed by atoms with van der Waals surface area (Å²) in [4.78, 5) is 39.2. The number of carbonyl (C=O) groups is 2. The Morgan fingerprint density at radius 1 is 1.18 bits per heavy atom. The minimum Gasteiger partial charge on any atom is -0.466 e. The topological polar surface area (TPSA) is 92.4 Å². The minimum absolute atomic E-state index is 0.0997. The highest BCUT2D eigenvalue weighted by Gasteiger charge is 2.23. The highest BCUT2D eigenvalue weighted by atomic mass is 32.1. The molecule has 0 bridgehead atoms. The van der Waals surface area contributed by atoms with Gasteiger partial charge in [0.1, 0.15) is 15.3 Å². The van der Waals surface area contributed by atoms with E-state index in [4.69, 9.17) is 0 Å². The lowest BCUT2D eigenvalue weighted by Crippen LogP contribution is -2.39. The van der Waals surface area contributed by atoms with Gasteiger partial charge in [-0.15, -0.1) is 11.3 Å². The molecule has 0 saturated carbocycles. The Morgan fingerprint density at radius 3 is 2.46 bits per heavy atom. The standard InChI is InChI=1S/C20H19N3O4S/c1-27-17(24)12-16-19(26)23(14-8-4-2-5-9-14)20(28-16)15(13-21)18(25)22-10-6-3-7-11-22/h2,4-5,8-9,12H,3,6-7,10-11H2,1H3/b16-12-,20-15+. The molecule has 1 aliphatic heterocycles. The van der Waals surface area contributed by atoms with Gasteiger partial charge in [0.15, 0.2) is 5.57 Å². The summed E-state index contributed by atoms with van der Waals surface area (Å²) in [6.45, 7) is 1.18. The molecule has 0 atom stereocenters. The number of piperidine rings is 1. The maximum Gasteiger partial charge on any atom is 0.332 e. The molecule has 1 aromatic carbocycles. The van der Waals surface area contributed by atoms with Crippen molar-refractivity contribution in [3.05, 3.63) is 49.9 Å². The Hall–Kier alpha value is -3.18. The van der Waals surface area contributed by atoms with Crippen LogP contribution in [0.1, 0.15) is 19.3 Å². The van der Waals surface area contributed by atoms with Crippen LogP contribution in [0.4, 0.5) is 0 Å². The van der Waals surface area contributed by atoms with E-state index in [1.165, 1.54) is 11.7 Å². The number of benzene rings is 1. The van der Waals surface area contributed by atoms with Gasteiger partial charge in [-0.25, -0.2) is 4.79 Å². The third-order valence-corrected chi connectivity index (χ3v) is 5.56. The van der Waals surface area contributed by atoms with Crippen molar-refractivity contribution < 1.29 is 14.3 Å². The van der Waals surface area contributed by atoms with E-state index in [1.807, 2.05) is 6.07 Å². The van der Waals surface area contributed by atoms with Crippen molar-refractivity contribution in [1.82, 2.24) is 9.47 Å². The molecule has 1 amide bonds. The van der Waals surface area contributed by atoms with Crippen LogP contribution in [-0.2, 0) is 14.3 Å². The molecule has 144 valence electrons. The van der Waals surface area contributed by atoms with Crippen molar-refractivity contribution >= 4 is 34.9 Å². The summed E-state index contributed by atoms with van der Waals surface area (Å²) in [5, 5.41) is 9.74. The first-order chi connectivity index (χ1) is 13.6. The summed E-state index contributed by atoms with van der Waals surface area (Å²) in [5.41, 5.74) is -0.0596. The first-order valence-corrected chi connectivity index (χ1v) is 9.69. The fourth-order valence-corrected chi connectivity index (χ4v) is 4.13. The van der Waals surface area contributed by atoms with Crippen LogP contribution in [0.3, 0.4) is 0 Å². The van der Waals surface area contributed by atoms with Crippen molar-refractivity contribution in [2.75, 3.05) is 20.2 Å². The van der Waals surface area contributed by atoms with Crippen LogP contribution >= 0.6 is 11.3 Å². The lowest BCUT2D eigenvalue weighted by molar-refractivity contribution is -0.133. The molecule has 0 spiro atoms. The summed E-state index contributed by atoms with van der Waals surface area (Å²) in [7, 11) is 1.22. The van der Waals surface area contributed by atoms with Crippen molar-refractivity contribution in [3.8, 4) is 11.8 Å². The van der Waals surface area contributed by atoms with E-state index in [0.717, 1.165) is 36.7 Å². The number of nitrogens with zero attached hydrogens (tertiary/aromatic N) is 3. The second-order valence-corrected chi connectivity index (χ2v) is 7.29. The second kappa shape index (κ2) is 8.67. The maximum absolute atomic E-state index is 13.0. The van der Waals surface area contributed by atoms with Crippen molar-refractivity contribution in [1.29, 1.82) is 5.26 Å². The first-order valence-electron chi connectivity index (χ1n) is 8.87. The molecule has 28 heavy (non-hydrogen) atoms. The van der Waals surface area contributed by atoms with Gasteiger partial charge in [-0.2, -0.15) is 5.26 Å². The molecule has 2 heterocycles. The number of thiazole rings is 1. The number of nitriles is 1. The van der Waals surface area contributed by atoms with E-state index in [1.54, 1.807) is 35.2 Å². The zero-order valence-electron chi connectivity index (χ0n) is 15.4. The van der Waals surface area contributed by atoms with Crippen molar-refractivity contribution in [2.24, 2.45) is 0 Å². The zero-order chi connectivity index (χ0) is 20.1. The van der Waals surface area contributed by atoms with Gasteiger partial charge >= 0.3 is 5.97 Å². The summed E-state index contributed by atoms with van der Waals surface area (Å²) in [6, 6.07) is 10.7. The molecular weight excluding hydrogens is 378 g/mol. The number of likely N-dealkylation sites (tertiary alicyclic amines) is 1. The molecular formula is C20H19N3O4S. The predicted molar refractivity (Wildman–Crippen MR) is 105 cm³/mol. The molecule has 0 unspecified atom stereocenters. The lowest BCUT2D eigenvalue weighted by atomic mass is 10.1. The molecule has 7 nitrogen and oxygen atoms in total. The average Bonchev–Trinajstić information content (AvgIpc) is 3.05. The Bertz CT molecular complexity index is 1100. The summed E-state index contributed by atoms with van der Waals surface area (Å²) >= 11 is 0.937. The second-order valence-electron chi connectivity index (χ2n) is 6.25. The van der Waals surface area contributed by atoms with Gasteiger partial charge in [-0.3, -0.25) is 14.2 Å². The average molecular weight is 397 g/mol. The molecule has 1 fully saturated rings. The van der Waals surface area contributed by atoms with E-state index < -0.39 is 17.4 Å². The van der Waals surface area contributed by atoms with Gasteiger partial charge in [0.25, 0.3) is 11.5 Å². The first kappa shape index (κ1) is 19.6. The van der Waals surface area contributed by atoms with Crippen molar-refractivity contribution in [3.63, 3.8) is 0 Å². The van der Waals surface area contributed by atoms with Gasteiger partial charge in [0.2, 0.25) is 0 Å². The Balaban J connectivity index is 2.30. The quantitative estimate of drug-likeness (QED) is 0.705. The van der Waals surface area contributed by atoms with E-state index in [0.29, 0.717) is 18.8 Å². The molecule has 8 heteroatoms. The molecule has 1 aliphatic rings. The molecule has 0 aliphatic carbocycles. The predicted octanol–water partition coefficient (Wildman–Crippen LogP) is 0.539. The van der Waals surface area contributed by atoms with Crippen LogP contribution < -0.4 is 14.8 Å². The highest BCUT2D eigenvalue weighted by molar-refractivity contribution is 7.07. The largest absolute Gasteiger partial charge is 0.466 e. The number of amides is 1. The number of para-hydroxylation sites is 1. The zero-order valence-corrected chi connectivity index (χ0v) is 16.2. The number of methoxy groups -OCH3 is 1. The van der Waals surface area contributed by atoms with E-state index in [9.17, 15) is 19.6 Å². The Morgan fingerprint density at radius 2 is 1.86 bits per heavy atom. The van der Waals surface area contributed by atoms with Crippen LogP contribution in [0.15, 0.2) is 35.1 Å². The number of hydrogen-bond acceptors (Lipinski definition) is 6. The molecule has 0 radical (unpaired) electrons. The number of esters is 1. The van der Waals surface area contributed by atoms with Crippen LogP contribution in [-0.4, -0.2) is 41.5 Å². The van der Waals surface area contributed by atoms with E-state index in [-0.39, 0.29) is 14.8 Å². The number of aromatic nitrogens is 1. The number of ether oxygens (including phenoxy) is 1. The van der Waals surface area contributed by atoms with Gasteiger partial charge in [-0.1, -0.05) is 18.2 Å². The third kappa shape index (κ3) is 3.89. The van der Waals surface area contributed by atoms with Crippen LogP contribution in [0.5, 0.6) is 0 Å². The van der Waals surface area contributed by atoms with Crippen LogP contribution in [0, 0.1) is 11.3 Å². The monoisotopic (exact) mass is 397 g/mol. The highest BCUT2D eigenvalue weighted by Crippen LogP contribution is 2.12. The fourth-order valence-electron chi connectivity index (χ4n) is 3.07. The summed E-state index contributed by atoms with van der Waals surface area (Å²) in [6.07, 6.45) is 3.91. The van der Waals surface area contributed by atoms with Crippen molar-refractivity contribution in [2.45, 2.75) is 19.3 Å². The number of rotatable bonds is 3. The molecule has 0 N–H and O–H groups in total. The third-order valence-electron chi connectivity index (χ3n) is 4.47. The molecule has 3 rings (SSSR count). The Labute approximate surface area is 165 Å². The fraction of sp³-hybridized carbons (Fsp3) is 0.300. The van der Waals surface area contributed by atoms with Gasteiger partial charge in [0.05, 0.1) is 12.8 Å². The SMILES string of the molecule is COC(=O)/C=c1\s/c(=C(\C#N)C(=O)N2CCCCC2)n(-c2ccccc2)c1=O. The number of hydrogen-bond donors (Lipinski definition) is 0. The molecule has 1 aromatic heterocycles. The molecule has 1 saturated heterocycles. The minimum atomic E-state index is -0.675. The number of carbonyl (C=O) groups excluding carboxylic acids is 2. The maximum atomic E-state index is 13.0. The lowest BCUT2D eigenvalue weighted by Gasteiger charge is -2.26. The van der Waals surface area contributed by atoms with Gasteiger partial charge < -0.3 is 9.64 Å².